The van der Waals surface area contributed by atoms with E-state index < -0.39 is 28.8 Å². The largest absolute Gasteiger partial charge is 0.341 e. The molecule has 2 aromatic rings. The highest BCUT2D eigenvalue weighted by Gasteiger charge is 2.24. The van der Waals surface area contributed by atoms with Gasteiger partial charge in [-0.05, 0) is 17.7 Å². The minimum absolute atomic E-state index is 0.118. The maximum atomic E-state index is 13.8. The van der Waals surface area contributed by atoms with Gasteiger partial charge in [0.15, 0.2) is 0 Å². The van der Waals surface area contributed by atoms with Gasteiger partial charge in [-0.15, -0.1) is 11.8 Å². The van der Waals surface area contributed by atoms with Crippen molar-refractivity contribution in [1.29, 1.82) is 0 Å². The van der Waals surface area contributed by atoms with E-state index in [-0.39, 0.29) is 4.90 Å². The average Bonchev–Trinajstić information content (AvgIpc) is 2.54. The highest BCUT2D eigenvalue weighted by Crippen LogP contribution is 2.36. The van der Waals surface area contributed by atoms with Crippen LogP contribution < -0.4 is 10.6 Å². The Morgan fingerprint density at radius 2 is 1.78 bits per heavy atom. The number of rotatable bonds is 4. The lowest BCUT2D eigenvalue weighted by atomic mass is 10.1. The summed E-state index contributed by atoms with van der Waals surface area (Å²) in [5.74, 6) is -2.05. The number of hydrogen-bond donors (Lipinski definition) is 2. The van der Waals surface area contributed by atoms with Gasteiger partial charge in [0.2, 0.25) is 5.91 Å². The molecule has 0 saturated carbocycles. The summed E-state index contributed by atoms with van der Waals surface area (Å²) in [5.41, 5.74) is 0.600. The molecular weight excluding hydrogens is 322 g/mol. The third-order valence-electron chi connectivity index (χ3n) is 2.94. The van der Waals surface area contributed by atoms with Crippen LogP contribution in [0.1, 0.15) is 10.8 Å². The Hall–Kier alpha value is -2.41. The van der Waals surface area contributed by atoms with E-state index in [9.17, 15) is 18.4 Å². The van der Waals surface area contributed by atoms with Crippen LogP contribution in [0.2, 0.25) is 0 Å². The molecule has 0 spiro atoms. The second-order valence-corrected chi connectivity index (χ2v) is 5.70. The van der Waals surface area contributed by atoms with Crippen molar-refractivity contribution in [3.05, 3.63) is 65.7 Å². The van der Waals surface area contributed by atoms with Crippen LogP contribution >= 0.6 is 11.8 Å². The van der Waals surface area contributed by atoms with Crippen molar-refractivity contribution in [2.75, 3.05) is 7.05 Å². The first-order valence-electron chi connectivity index (χ1n) is 6.70. The van der Waals surface area contributed by atoms with Crippen molar-refractivity contribution in [2.24, 2.45) is 0 Å². The molecule has 23 heavy (non-hydrogen) atoms. The molecule has 1 atom stereocenters. The highest BCUT2D eigenvalue weighted by molar-refractivity contribution is 8.00. The summed E-state index contributed by atoms with van der Waals surface area (Å²) in [7, 11) is 1.38. The summed E-state index contributed by atoms with van der Waals surface area (Å²) in [6, 6.07) is 11.1. The van der Waals surface area contributed by atoms with Crippen LogP contribution in [0.15, 0.2) is 53.4 Å². The van der Waals surface area contributed by atoms with Crippen molar-refractivity contribution in [3.8, 4) is 0 Å². The molecule has 0 aliphatic carbocycles. The van der Waals surface area contributed by atoms with Crippen LogP contribution in [0, 0.1) is 11.6 Å². The van der Waals surface area contributed by atoms with E-state index in [2.05, 4.69) is 10.6 Å². The number of benzene rings is 2. The third kappa shape index (κ3) is 4.53. The summed E-state index contributed by atoms with van der Waals surface area (Å²) in [4.78, 5) is 23.8. The molecule has 0 fully saturated rings. The van der Waals surface area contributed by atoms with Crippen LogP contribution in [-0.4, -0.2) is 19.0 Å². The number of urea groups is 1. The van der Waals surface area contributed by atoms with Gasteiger partial charge in [0.1, 0.15) is 16.9 Å². The Balaban J connectivity index is 2.30. The maximum absolute atomic E-state index is 13.8. The number of carbonyl (C=O) groups is 2. The van der Waals surface area contributed by atoms with Gasteiger partial charge in [-0.3, -0.25) is 10.1 Å². The van der Waals surface area contributed by atoms with Gasteiger partial charge >= 0.3 is 6.03 Å². The molecular formula is C16H14F2N2O2S. The Morgan fingerprint density at radius 3 is 2.39 bits per heavy atom. The molecule has 0 aromatic heterocycles. The topological polar surface area (TPSA) is 58.2 Å². The van der Waals surface area contributed by atoms with Crippen LogP contribution in [0.5, 0.6) is 0 Å². The molecule has 4 nitrogen and oxygen atoms in total. The molecule has 0 bridgehead atoms. The van der Waals surface area contributed by atoms with Gasteiger partial charge < -0.3 is 5.32 Å². The summed E-state index contributed by atoms with van der Waals surface area (Å²) >= 11 is 0.904. The quantitative estimate of drug-likeness (QED) is 0.843. The van der Waals surface area contributed by atoms with Gasteiger partial charge in [-0.25, -0.2) is 13.6 Å². The molecule has 0 heterocycles. The summed E-state index contributed by atoms with van der Waals surface area (Å²) in [5, 5.41) is 3.60. The minimum atomic E-state index is -0.853. The predicted octanol–water partition coefficient (Wildman–Crippen LogP) is 3.25. The van der Waals surface area contributed by atoms with Gasteiger partial charge in [0.25, 0.3) is 0 Å². The maximum Gasteiger partial charge on any atom is 0.321 e. The molecule has 0 aliphatic heterocycles. The summed E-state index contributed by atoms with van der Waals surface area (Å²) < 4.78 is 26.8. The van der Waals surface area contributed by atoms with Crippen LogP contribution in [-0.2, 0) is 4.79 Å². The lowest BCUT2D eigenvalue weighted by molar-refractivity contribution is -0.119. The number of nitrogens with one attached hydrogen (secondary N) is 2. The second kappa shape index (κ2) is 7.73. The number of imide groups is 1. The lowest BCUT2D eigenvalue weighted by Gasteiger charge is -2.16. The Morgan fingerprint density at radius 1 is 1.09 bits per heavy atom. The number of halogens is 2. The molecule has 2 aromatic carbocycles. The first-order chi connectivity index (χ1) is 11.0. The molecule has 2 N–H and O–H groups in total. The van der Waals surface area contributed by atoms with E-state index in [4.69, 9.17) is 0 Å². The van der Waals surface area contributed by atoms with Gasteiger partial charge in [0, 0.05) is 18.0 Å². The first-order valence-corrected chi connectivity index (χ1v) is 7.58. The Labute approximate surface area is 136 Å². The summed E-state index contributed by atoms with van der Waals surface area (Å²) in [6.07, 6.45) is 0. The van der Waals surface area contributed by atoms with Crippen molar-refractivity contribution in [1.82, 2.24) is 10.6 Å². The SMILES string of the molecule is CNC(=O)NC(=O)[C@H](Sc1ccc(F)cc1F)c1ccccc1. The van der Waals surface area contributed by atoms with E-state index in [1.807, 2.05) is 0 Å². The molecule has 2 rings (SSSR count). The van der Waals surface area contributed by atoms with Gasteiger partial charge in [-0.1, -0.05) is 30.3 Å². The van der Waals surface area contributed by atoms with E-state index in [0.29, 0.717) is 5.56 Å². The standard InChI is InChI=1S/C16H14F2N2O2S/c1-19-16(22)20-15(21)14(10-5-3-2-4-6-10)23-13-8-7-11(17)9-12(13)18/h2-9,14H,1H3,(H2,19,20,21,22)/t14-/m1/s1. The van der Waals surface area contributed by atoms with E-state index in [1.54, 1.807) is 30.3 Å². The molecule has 0 aliphatic rings. The van der Waals surface area contributed by atoms with Gasteiger partial charge in [0.05, 0.1) is 0 Å². The Kier molecular flexibility index (Phi) is 5.70. The zero-order valence-corrected chi connectivity index (χ0v) is 13.0. The number of amides is 3. The Bertz CT molecular complexity index is 710. The van der Waals surface area contributed by atoms with Crippen LogP contribution in [0.25, 0.3) is 0 Å². The van der Waals surface area contributed by atoms with E-state index in [1.165, 1.54) is 13.1 Å². The fraction of sp³-hybridized carbons (Fsp3) is 0.125. The number of thioether (sulfide) groups is 1. The molecule has 7 heteroatoms. The highest BCUT2D eigenvalue weighted by atomic mass is 32.2. The van der Waals surface area contributed by atoms with E-state index >= 15 is 0 Å². The normalized spacial score (nSPS) is 11.6. The zero-order chi connectivity index (χ0) is 16.8. The zero-order valence-electron chi connectivity index (χ0n) is 12.2. The van der Waals surface area contributed by atoms with Crippen molar-refractivity contribution in [3.63, 3.8) is 0 Å². The molecule has 0 radical (unpaired) electrons. The smallest absolute Gasteiger partial charge is 0.321 e. The average molecular weight is 336 g/mol. The van der Waals surface area contributed by atoms with Crippen LogP contribution in [0.3, 0.4) is 0 Å². The fourth-order valence-corrected chi connectivity index (χ4v) is 2.87. The van der Waals surface area contributed by atoms with Gasteiger partial charge in [-0.2, -0.15) is 0 Å². The second-order valence-electron chi connectivity index (χ2n) is 4.55. The monoisotopic (exact) mass is 336 g/mol. The van der Waals surface area contributed by atoms with Crippen molar-refractivity contribution < 1.29 is 18.4 Å². The fourth-order valence-electron chi connectivity index (χ4n) is 1.84. The third-order valence-corrected chi connectivity index (χ3v) is 4.25. The molecule has 0 saturated heterocycles. The number of hydrogen-bond acceptors (Lipinski definition) is 3. The first kappa shape index (κ1) is 17.0. The van der Waals surface area contributed by atoms with Crippen molar-refractivity contribution >= 4 is 23.7 Å². The van der Waals surface area contributed by atoms with E-state index in [0.717, 1.165) is 23.9 Å². The summed E-state index contributed by atoms with van der Waals surface area (Å²) in [6.45, 7) is 0. The minimum Gasteiger partial charge on any atom is -0.341 e. The lowest BCUT2D eigenvalue weighted by Crippen LogP contribution is -2.39. The predicted molar refractivity (Wildman–Crippen MR) is 84.0 cm³/mol. The molecule has 0 unspecified atom stereocenters. The molecule has 3 amide bonds. The number of carbonyl (C=O) groups excluding carboxylic acids is 2. The molecule has 120 valence electrons. The van der Waals surface area contributed by atoms with Crippen molar-refractivity contribution in [2.45, 2.75) is 10.1 Å². The van der Waals surface area contributed by atoms with Crippen LogP contribution in [0.4, 0.5) is 13.6 Å².